The number of aryl methyl sites for hydroxylation is 1. The molecule has 108 valence electrons. The van der Waals surface area contributed by atoms with Gasteiger partial charge in [0.2, 0.25) is 0 Å². The van der Waals surface area contributed by atoms with Crippen molar-refractivity contribution in [3.05, 3.63) is 62.7 Å². The summed E-state index contributed by atoms with van der Waals surface area (Å²) >= 11 is 6.89. The number of hydrogen-bond acceptors (Lipinski definition) is 4. The molecule has 0 aromatic heterocycles. The third-order valence-electron chi connectivity index (χ3n) is 2.78. The zero-order chi connectivity index (χ0) is 15.6. The number of nitro benzene ring substituents is 1. The van der Waals surface area contributed by atoms with E-state index in [1.54, 1.807) is 31.2 Å². The van der Waals surface area contributed by atoms with Gasteiger partial charge in [0.1, 0.15) is 0 Å². The lowest BCUT2D eigenvalue weighted by atomic mass is 10.1. The minimum atomic E-state index is -1.03. The molecule has 0 fully saturated rings. The van der Waals surface area contributed by atoms with E-state index >= 15 is 0 Å². The van der Waals surface area contributed by atoms with Crippen LogP contribution in [0.25, 0.3) is 0 Å². The number of halogens is 1. The predicted molar refractivity (Wildman–Crippen MR) is 80.4 cm³/mol. The fourth-order valence-corrected chi connectivity index (χ4v) is 2.85. The van der Waals surface area contributed by atoms with Gasteiger partial charge in [0.05, 0.1) is 15.4 Å². The Labute approximate surface area is 129 Å². The first-order chi connectivity index (χ1) is 9.88. The van der Waals surface area contributed by atoms with Gasteiger partial charge in [-0.3, -0.25) is 10.1 Å². The Hall–Kier alpha value is -2.05. The Morgan fingerprint density at radius 3 is 2.62 bits per heavy atom. The summed E-state index contributed by atoms with van der Waals surface area (Å²) in [5.41, 5.74) is 0.707. The van der Waals surface area contributed by atoms with E-state index in [0.717, 1.165) is 11.8 Å². The Morgan fingerprint density at radius 2 is 2.00 bits per heavy atom. The molecule has 5 nitrogen and oxygen atoms in total. The van der Waals surface area contributed by atoms with E-state index in [0.29, 0.717) is 15.4 Å². The highest BCUT2D eigenvalue weighted by Gasteiger charge is 2.16. The summed E-state index contributed by atoms with van der Waals surface area (Å²) in [6.45, 7) is 1.70. The minimum Gasteiger partial charge on any atom is -0.478 e. The summed E-state index contributed by atoms with van der Waals surface area (Å²) in [5, 5.41) is 20.4. The van der Waals surface area contributed by atoms with Gasteiger partial charge in [0, 0.05) is 16.0 Å². The number of hydrogen-bond donors (Lipinski definition) is 1. The number of nitro groups is 1. The number of nitrogens with zero attached hydrogens (tertiary/aromatic N) is 1. The molecule has 0 aliphatic rings. The van der Waals surface area contributed by atoms with Gasteiger partial charge in [0.15, 0.2) is 0 Å². The van der Waals surface area contributed by atoms with Crippen molar-refractivity contribution in [3.63, 3.8) is 0 Å². The third kappa shape index (κ3) is 3.53. The molecule has 0 saturated carbocycles. The number of rotatable bonds is 4. The molecule has 0 amide bonds. The number of carboxylic acid groups (broad SMARTS) is 1. The van der Waals surface area contributed by atoms with Crippen LogP contribution in [-0.2, 0) is 0 Å². The predicted octanol–water partition coefficient (Wildman–Crippen LogP) is 4.41. The van der Waals surface area contributed by atoms with Crippen molar-refractivity contribution < 1.29 is 14.8 Å². The molecule has 0 atom stereocenters. The molecular formula is C14H10ClNO4S. The van der Waals surface area contributed by atoms with Crippen LogP contribution in [-0.4, -0.2) is 16.0 Å². The highest BCUT2D eigenvalue weighted by molar-refractivity contribution is 7.99. The summed E-state index contributed by atoms with van der Waals surface area (Å²) in [6.07, 6.45) is 0. The van der Waals surface area contributed by atoms with E-state index in [2.05, 4.69) is 0 Å². The Balaban J connectivity index is 2.41. The smallest absolute Gasteiger partial charge is 0.335 e. The number of carbonyl (C=O) groups is 1. The van der Waals surface area contributed by atoms with Crippen LogP contribution in [0.3, 0.4) is 0 Å². The molecule has 0 heterocycles. The summed E-state index contributed by atoms with van der Waals surface area (Å²) in [6, 6.07) is 9.28. The SMILES string of the molecule is Cc1ccc(Sc2ccc(Cl)cc2[N+](=O)[O-])cc1C(=O)O. The molecule has 2 aromatic rings. The molecule has 21 heavy (non-hydrogen) atoms. The standard InChI is InChI=1S/C14H10ClNO4S/c1-8-2-4-10(7-11(8)14(17)18)21-13-5-3-9(15)6-12(13)16(19)20/h2-7H,1H3,(H,17,18). The summed E-state index contributed by atoms with van der Waals surface area (Å²) in [5.74, 6) is -1.03. The van der Waals surface area contributed by atoms with E-state index < -0.39 is 10.9 Å². The van der Waals surface area contributed by atoms with Gasteiger partial charge in [-0.1, -0.05) is 29.4 Å². The quantitative estimate of drug-likeness (QED) is 0.666. The lowest BCUT2D eigenvalue weighted by molar-refractivity contribution is -0.387. The molecular weight excluding hydrogens is 314 g/mol. The van der Waals surface area contributed by atoms with E-state index in [4.69, 9.17) is 16.7 Å². The molecule has 0 unspecified atom stereocenters. The first-order valence-electron chi connectivity index (χ1n) is 5.84. The number of carboxylic acids is 1. The fraction of sp³-hybridized carbons (Fsp3) is 0.0714. The van der Waals surface area contributed by atoms with Gasteiger partial charge in [-0.15, -0.1) is 0 Å². The van der Waals surface area contributed by atoms with E-state index in [1.807, 2.05) is 0 Å². The van der Waals surface area contributed by atoms with Crippen molar-refractivity contribution in [1.29, 1.82) is 0 Å². The van der Waals surface area contributed by atoms with Crippen LogP contribution >= 0.6 is 23.4 Å². The average Bonchev–Trinajstić information content (AvgIpc) is 2.42. The summed E-state index contributed by atoms with van der Waals surface area (Å²) in [4.78, 5) is 22.7. The highest BCUT2D eigenvalue weighted by atomic mass is 35.5. The number of aromatic carboxylic acids is 1. The normalized spacial score (nSPS) is 10.4. The van der Waals surface area contributed by atoms with E-state index in [1.165, 1.54) is 12.1 Å². The van der Waals surface area contributed by atoms with Crippen molar-refractivity contribution in [2.75, 3.05) is 0 Å². The second-order valence-electron chi connectivity index (χ2n) is 4.25. The van der Waals surface area contributed by atoms with Crippen molar-refractivity contribution in [3.8, 4) is 0 Å². The molecule has 2 rings (SSSR count). The Bertz CT molecular complexity index is 733. The topological polar surface area (TPSA) is 80.4 Å². The van der Waals surface area contributed by atoms with Gasteiger partial charge in [-0.05, 0) is 36.8 Å². The first kappa shape index (κ1) is 15.3. The maximum Gasteiger partial charge on any atom is 0.335 e. The van der Waals surface area contributed by atoms with Gasteiger partial charge < -0.3 is 5.11 Å². The molecule has 7 heteroatoms. The summed E-state index contributed by atoms with van der Waals surface area (Å²) in [7, 11) is 0. The number of benzene rings is 2. The van der Waals surface area contributed by atoms with Gasteiger partial charge in [-0.2, -0.15) is 0 Å². The molecule has 0 spiro atoms. The van der Waals surface area contributed by atoms with Crippen LogP contribution in [0.15, 0.2) is 46.2 Å². The van der Waals surface area contributed by atoms with E-state index in [9.17, 15) is 14.9 Å². The van der Waals surface area contributed by atoms with Crippen LogP contribution in [0.1, 0.15) is 15.9 Å². The van der Waals surface area contributed by atoms with Crippen LogP contribution in [0.2, 0.25) is 5.02 Å². The monoisotopic (exact) mass is 323 g/mol. The Morgan fingerprint density at radius 1 is 1.29 bits per heavy atom. The lowest BCUT2D eigenvalue weighted by Crippen LogP contribution is -1.99. The second kappa shape index (κ2) is 6.15. The highest BCUT2D eigenvalue weighted by Crippen LogP contribution is 2.36. The molecule has 0 radical (unpaired) electrons. The van der Waals surface area contributed by atoms with E-state index in [-0.39, 0.29) is 16.3 Å². The lowest BCUT2D eigenvalue weighted by Gasteiger charge is -2.06. The third-order valence-corrected chi connectivity index (χ3v) is 4.07. The second-order valence-corrected chi connectivity index (χ2v) is 5.80. The summed E-state index contributed by atoms with van der Waals surface area (Å²) < 4.78 is 0. The van der Waals surface area contributed by atoms with Crippen molar-refractivity contribution >= 4 is 35.0 Å². The molecule has 0 aliphatic carbocycles. The van der Waals surface area contributed by atoms with Crippen molar-refractivity contribution in [2.45, 2.75) is 16.7 Å². The minimum absolute atomic E-state index is 0.107. The van der Waals surface area contributed by atoms with Gasteiger partial charge >= 0.3 is 5.97 Å². The zero-order valence-corrected chi connectivity index (χ0v) is 12.4. The van der Waals surface area contributed by atoms with Crippen LogP contribution in [0.4, 0.5) is 5.69 Å². The molecule has 0 bridgehead atoms. The van der Waals surface area contributed by atoms with Crippen LogP contribution < -0.4 is 0 Å². The molecule has 1 N–H and O–H groups in total. The van der Waals surface area contributed by atoms with Gasteiger partial charge in [-0.25, -0.2) is 4.79 Å². The van der Waals surface area contributed by atoms with Crippen LogP contribution in [0, 0.1) is 17.0 Å². The maximum atomic E-state index is 11.1. The first-order valence-corrected chi connectivity index (χ1v) is 7.03. The van der Waals surface area contributed by atoms with Crippen molar-refractivity contribution in [2.24, 2.45) is 0 Å². The average molecular weight is 324 g/mol. The van der Waals surface area contributed by atoms with Gasteiger partial charge in [0.25, 0.3) is 5.69 Å². The Kier molecular flexibility index (Phi) is 4.50. The largest absolute Gasteiger partial charge is 0.478 e. The fourth-order valence-electron chi connectivity index (χ4n) is 1.74. The molecule has 0 saturated heterocycles. The van der Waals surface area contributed by atoms with Crippen LogP contribution in [0.5, 0.6) is 0 Å². The molecule has 2 aromatic carbocycles. The zero-order valence-electron chi connectivity index (χ0n) is 10.9. The maximum absolute atomic E-state index is 11.1. The van der Waals surface area contributed by atoms with Crippen molar-refractivity contribution in [1.82, 2.24) is 0 Å². The molecule has 0 aliphatic heterocycles.